The molecular formula is C26H26N2O4. The Hall–Kier alpha value is -3.80. The lowest BCUT2D eigenvalue weighted by atomic mass is 10.1. The molecule has 3 aromatic rings. The number of anilines is 1. The van der Waals surface area contributed by atoms with E-state index in [4.69, 9.17) is 9.47 Å². The maximum absolute atomic E-state index is 13.0. The molecule has 0 spiro atoms. The second-order valence-electron chi connectivity index (χ2n) is 7.78. The predicted octanol–water partition coefficient (Wildman–Crippen LogP) is 3.90. The third kappa shape index (κ3) is 4.91. The number of aryl methyl sites for hydroxylation is 1. The minimum atomic E-state index is -0.214. The lowest BCUT2D eigenvalue weighted by Gasteiger charge is -2.18. The van der Waals surface area contributed by atoms with Crippen LogP contribution >= 0.6 is 0 Å². The van der Waals surface area contributed by atoms with E-state index in [-0.39, 0.29) is 18.4 Å². The molecule has 0 saturated heterocycles. The largest absolute Gasteiger partial charge is 0.497 e. The standard InChI is InChI=1S/C26H26N2O4/c1-18-4-3-5-21(14-18)26(30)28-13-12-20-7-6-19(15-24(20)28)16-27-25(29)17-32-23-10-8-22(31-2)9-11-23/h3-11,14-15H,12-13,16-17H2,1-2H3,(H,27,29). The number of benzene rings is 3. The molecule has 0 unspecified atom stereocenters. The highest BCUT2D eigenvalue weighted by atomic mass is 16.5. The number of ether oxygens (including phenoxy) is 2. The van der Waals surface area contributed by atoms with Crippen LogP contribution in [0.15, 0.2) is 66.7 Å². The van der Waals surface area contributed by atoms with Gasteiger partial charge in [-0.3, -0.25) is 9.59 Å². The van der Waals surface area contributed by atoms with Gasteiger partial charge in [0.25, 0.3) is 11.8 Å². The van der Waals surface area contributed by atoms with Crippen LogP contribution in [0.2, 0.25) is 0 Å². The monoisotopic (exact) mass is 430 g/mol. The SMILES string of the molecule is COc1ccc(OCC(=O)NCc2ccc3c(c2)N(C(=O)c2cccc(C)c2)CC3)cc1. The van der Waals surface area contributed by atoms with Crippen LogP contribution in [0.25, 0.3) is 0 Å². The molecule has 2 amide bonds. The van der Waals surface area contributed by atoms with Crippen molar-refractivity contribution in [1.29, 1.82) is 0 Å². The number of fused-ring (bicyclic) bond motifs is 1. The molecule has 0 atom stereocenters. The van der Waals surface area contributed by atoms with E-state index in [9.17, 15) is 9.59 Å². The summed E-state index contributed by atoms with van der Waals surface area (Å²) in [7, 11) is 1.60. The molecular weight excluding hydrogens is 404 g/mol. The number of nitrogens with one attached hydrogen (secondary N) is 1. The summed E-state index contributed by atoms with van der Waals surface area (Å²) in [5, 5.41) is 2.87. The van der Waals surface area contributed by atoms with Gasteiger partial charge in [-0.1, -0.05) is 29.8 Å². The zero-order chi connectivity index (χ0) is 22.5. The molecule has 1 aliphatic heterocycles. The summed E-state index contributed by atoms with van der Waals surface area (Å²) in [5.74, 6) is 1.12. The summed E-state index contributed by atoms with van der Waals surface area (Å²) >= 11 is 0. The molecule has 6 heteroatoms. The average molecular weight is 431 g/mol. The van der Waals surface area contributed by atoms with Gasteiger partial charge in [-0.05, 0) is 66.9 Å². The Morgan fingerprint density at radius 1 is 1.00 bits per heavy atom. The van der Waals surface area contributed by atoms with Gasteiger partial charge in [0, 0.05) is 24.3 Å². The van der Waals surface area contributed by atoms with Crippen molar-refractivity contribution in [3.05, 3.63) is 89.0 Å². The molecule has 4 rings (SSSR count). The van der Waals surface area contributed by atoms with E-state index in [0.29, 0.717) is 24.4 Å². The van der Waals surface area contributed by atoms with Crippen molar-refractivity contribution in [3.8, 4) is 11.5 Å². The van der Waals surface area contributed by atoms with Gasteiger partial charge in [-0.2, -0.15) is 0 Å². The van der Waals surface area contributed by atoms with Crippen LogP contribution in [0.5, 0.6) is 11.5 Å². The molecule has 0 fully saturated rings. The minimum Gasteiger partial charge on any atom is -0.497 e. The van der Waals surface area contributed by atoms with Crippen molar-refractivity contribution in [2.45, 2.75) is 19.9 Å². The Morgan fingerprint density at radius 3 is 2.53 bits per heavy atom. The van der Waals surface area contributed by atoms with Crippen molar-refractivity contribution >= 4 is 17.5 Å². The summed E-state index contributed by atoms with van der Waals surface area (Å²) in [6.07, 6.45) is 0.829. The van der Waals surface area contributed by atoms with Crippen LogP contribution in [0.4, 0.5) is 5.69 Å². The first kappa shape index (κ1) is 21.4. The quantitative estimate of drug-likeness (QED) is 0.617. The van der Waals surface area contributed by atoms with Gasteiger partial charge in [-0.25, -0.2) is 0 Å². The molecule has 164 valence electrons. The van der Waals surface area contributed by atoms with Crippen LogP contribution < -0.4 is 19.7 Å². The molecule has 3 aromatic carbocycles. The number of hydrogen-bond donors (Lipinski definition) is 1. The van der Waals surface area contributed by atoms with Gasteiger partial charge >= 0.3 is 0 Å². The Balaban J connectivity index is 1.36. The first-order valence-electron chi connectivity index (χ1n) is 10.6. The van der Waals surface area contributed by atoms with Gasteiger partial charge in [0.2, 0.25) is 0 Å². The smallest absolute Gasteiger partial charge is 0.258 e. The predicted molar refractivity (Wildman–Crippen MR) is 123 cm³/mol. The fourth-order valence-electron chi connectivity index (χ4n) is 3.75. The Bertz CT molecular complexity index is 1120. The number of carbonyl (C=O) groups excluding carboxylic acids is 2. The van der Waals surface area contributed by atoms with E-state index in [2.05, 4.69) is 5.32 Å². The summed E-state index contributed by atoms with van der Waals surface area (Å²) in [5.41, 5.74) is 4.74. The maximum Gasteiger partial charge on any atom is 0.258 e. The molecule has 0 bridgehead atoms. The molecule has 32 heavy (non-hydrogen) atoms. The zero-order valence-corrected chi connectivity index (χ0v) is 18.3. The van der Waals surface area contributed by atoms with E-state index in [0.717, 1.165) is 34.5 Å². The summed E-state index contributed by atoms with van der Waals surface area (Å²) in [4.78, 5) is 27.1. The molecule has 1 N–H and O–H groups in total. The van der Waals surface area contributed by atoms with Crippen LogP contribution in [0.3, 0.4) is 0 Å². The number of carbonyl (C=O) groups is 2. The topological polar surface area (TPSA) is 67.9 Å². The fraction of sp³-hybridized carbons (Fsp3) is 0.231. The lowest BCUT2D eigenvalue weighted by Crippen LogP contribution is -2.29. The number of rotatable bonds is 7. The minimum absolute atomic E-state index is 0.00141. The summed E-state index contributed by atoms with van der Waals surface area (Å²) in [6.45, 7) is 2.93. The highest BCUT2D eigenvalue weighted by molar-refractivity contribution is 6.07. The molecule has 0 saturated carbocycles. The van der Waals surface area contributed by atoms with E-state index in [1.165, 1.54) is 0 Å². The number of hydrogen-bond acceptors (Lipinski definition) is 4. The first-order valence-corrected chi connectivity index (χ1v) is 10.6. The summed E-state index contributed by atoms with van der Waals surface area (Å²) < 4.78 is 10.6. The Kier molecular flexibility index (Phi) is 6.40. The van der Waals surface area contributed by atoms with E-state index in [1.807, 2.05) is 54.3 Å². The Labute approximate surface area is 187 Å². The lowest BCUT2D eigenvalue weighted by molar-refractivity contribution is -0.123. The van der Waals surface area contributed by atoms with Crippen molar-refractivity contribution in [2.24, 2.45) is 0 Å². The molecule has 6 nitrogen and oxygen atoms in total. The van der Waals surface area contributed by atoms with E-state index >= 15 is 0 Å². The van der Waals surface area contributed by atoms with E-state index < -0.39 is 0 Å². The highest BCUT2D eigenvalue weighted by Crippen LogP contribution is 2.30. The number of amides is 2. The van der Waals surface area contributed by atoms with Crippen LogP contribution in [0, 0.1) is 6.92 Å². The molecule has 0 aromatic heterocycles. The third-order valence-electron chi connectivity index (χ3n) is 5.47. The number of nitrogens with zero attached hydrogens (tertiary/aromatic N) is 1. The van der Waals surface area contributed by atoms with Crippen molar-refractivity contribution < 1.29 is 19.1 Å². The average Bonchev–Trinajstić information content (AvgIpc) is 3.24. The fourth-order valence-corrected chi connectivity index (χ4v) is 3.75. The molecule has 0 aliphatic carbocycles. The van der Waals surface area contributed by atoms with Crippen LogP contribution in [0.1, 0.15) is 27.0 Å². The molecule has 1 heterocycles. The number of methoxy groups -OCH3 is 1. The Morgan fingerprint density at radius 2 is 1.78 bits per heavy atom. The normalized spacial score (nSPS) is 12.2. The van der Waals surface area contributed by atoms with Gasteiger partial charge < -0.3 is 19.7 Å². The molecule has 0 radical (unpaired) electrons. The van der Waals surface area contributed by atoms with Crippen molar-refractivity contribution in [1.82, 2.24) is 5.32 Å². The zero-order valence-electron chi connectivity index (χ0n) is 18.3. The second-order valence-corrected chi connectivity index (χ2v) is 7.78. The van der Waals surface area contributed by atoms with Crippen LogP contribution in [-0.4, -0.2) is 32.1 Å². The molecule has 1 aliphatic rings. The highest BCUT2D eigenvalue weighted by Gasteiger charge is 2.25. The third-order valence-corrected chi connectivity index (χ3v) is 5.47. The van der Waals surface area contributed by atoms with Gasteiger partial charge in [0.15, 0.2) is 6.61 Å². The maximum atomic E-state index is 13.0. The van der Waals surface area contributed by atoms with Gasteiger partial charge in [-0.15, -0.1) is 0 Å². The van der Waals surface area contributed by atoms with Crippen LogP contribution in [-0.2, 0) is 17.8 Å². The van der Waals surface area contributed by atoms with Crippen molar-refractivity contribution in [3.63, 3.8) is 0 Å². The van der Waals surface area contributed by atoms with Crippen molar-refractivity contribution in [2.75, 3.05) is 25.2 Å². The van der Waals surface area contributed by atoms with Gasteiger partial charge in [0.1, 0.15) is 11.5 Å². The van der Waals surface area contributed by atoms with Gasteiger partial charge in [0.05, 0.1) is 7.11 Å². The first-order chi connectivity index (χ1) is 15.5. The van der Waals surface area contributed by atoms with E-state index in [1.54, 1.807) is 31.4 Å². The summed E-state index contributed by atoms with van der Waals surface area (Å²) in [6, 6.07) is 20.7. The second kappa shape index (κ2) is 9.56.